The highest BCUT2D eigenvalue weighted by Gasteiger charge is 2.28. The summed E-state index contributed by atoms with van der Waals surface area (Å²) in [6.07, 6.45) is 1.47. The van der Waals surface area contributed by atoms with Crippen LogP contribution in [0.15, 0.2) is 72.8 Å². The Morgan fingerprint density at radius 2 is 1.69 bits per heavy atom. The molecule has 0 atom stereocenters. The van der Waals surface area contributed by atoms with Gasteiger partial charge in [0.15, 0.2) is 0 Å². The van der Waals surface area contributed by atoms with Crippen LogP contribution in [0.5, 0.6) is 5.75 Å². The SMILES string of the molecule is COc1ccccc1CNC(=O)C1CCN(c2nc3ccccc3n2Cc2ccccc2F)CC1. The maximum atomic E-state index is 14.4. The molecule has 1 amide bonds. The topological polar surface area (TPSA) is 59.4 Å². The highest BCUT2D eigenvalue weighted by molar-refractivity contribution is 5.80. The number of para-hydroxylation sites is 3. The van der Waals surface area contributed by atoms with Crippen LogP contribution in [-0.2, 0) is 17.9 Å². The van der Waals surface area contributed by atoms with Gasteiger partial charge in [0.05, 0.1) is 24.7 Å². The standard InChI is InChI=1S/C28H29FN4O2/c1-35-26-13-7-3-8-21(26)18-30-27(34)20-14-16-32(17-15-20)28-31-24-11-5-6-12-25(24)33(28)19-22-9-2-4-10-23(22)29/h2-13,20H,14-19H2,1H3,(H,30,34). The summed E-state index contributed by atoms with van der Waals surface area (Å²) in [4.78, 5) is 20.0. The van der Waals surface area contributed by atoms with Gasteiger partial charge in [0.1, 0.15) is 11.6 Å². The van der Waals surface area contributed by atoms with Crippen molar-refractivity contribution in [2.75, 3.05) is 25.1 Å². The van der Waals surface area contributed by atoms with E-state index in [2.05, 4.69) is 14.8 Å². The molecule has 0 radical (unpaired) electrons. The number of fused-ring (bicyclic) bond motifs is 1. The molecule has 1 aromatic heterocycles. The Hall–Kier alpha value is -3.87. The van der Waals surface area contributed by atoms with Crippen LogP contribution in [0.25, 0.3) is 11.0 Å². The molecule has 35 heavy (non-hydrogen) atoms. The zero-order valence-corrected chi connectivity index (χ0v) is 19.8. The second-order valence-corrected chi connectivity index (χ2v) is 8.87. The molecular formula is C28H29FN4O2. The Morgan fingerprint density at radius 1 is 1.00 bits per heavy atom. The fraction of sp³-hybridized carbons (Fsp3) is 0.286. The van der Waals surface area contributed by atoms with E-state index >= 15 is 0 Å². The highest BCUT2D eigenvalue weighted by Crippen LogP contribution is 2.28. The van der Waals surface area contributed by atoms with E-state index in [1.165, 1.54) is 6.07 Å². The van der Waals surface area contributed by atoms with Crippen molar-refractivity contribution in [1.82, 2.24) is 14.9 Å². The molecule has 1 saturated heterocycles. The van der Waals surface area contributed by atoms with Gasteiger partial charge in [0.25, 0.3) is 0 Å². The lowest BCUT2D eigenvalue weighted by Crippen LogP contribution is -2.41. The fourth-order valence-electron chi connectivity index (χ4n) is 4.77. The predicted octanol–water partition coefficient (Wildman–Crippen LogP) is 4.77. The average Bonchev–Trinajstić information content (AvgIpc) is 3.27. The van der Waals surface area contributed by atoms with Gasteiger partial charge < -0.3 is 19.5 Å². The molecule has 3 aromatic carbocycles. The van der Waals surface area contributed by atoms with E-state index in [0.717, 1.165) is 41.1 Å². The van der Waals surface area contributed by atoms with Gasteiger partial charge in [0.2, 0.25) is 11.9 Å². The van der Waals surface area contributed by atoms with Gasteiger partial charge in [-0.3, -0.25) is 4.79 Å². The van der Waals surface area contributed by atoms with Gasteiger partial charge in [-0.15, -0.1) is 0 Å². The number of aromatic nitrogens is 2. The largest absolute Gasteiger partial charge is 0.496 e. The molecule has 0 unspecified atom stereocenters. The molecule has 0 saturated carbocycles. The van der Waals surface area contributed by atoms with Crippen molar-refractivity contribution in [3.05, 3.63) is 89.7 Å². The van der Waals surface area contributed by atoms with E-state index in [0.29, 0.717) is 31.7 Å². The van der Waals surface area contributed by atoms with Crippen LogP contribution in [0.1, 0.15) is 24.0 Å². The van der Waals surface area contributed by atoms with Crippen LogP contribution >= 0.6 is 0 Å². The van der Waals surface area contributed by atoms with E-state index in [-0.39, 0.29) is 17.6 Å². The molecule has 1 N–H and O–H groups in total. The van der Waals surface area contributed by atoms with E-state index < -0.39 is 0 Å². The molecule has 7 heteroatoms. The first-order valence-corrected chi connectivity index (χ1v) is 12.0. The summed E-state index contributed by atoms with van der Waals surface area (Å²) >= 11 is 0. The maximum Gasteiger partial charge on any atom is 0.223 e. The molecule has 0 bridgehead atoms. The summed E-state index contributed by atoms with van der Waals surface area (Å²) in [7, 11) is 1.63. The van der Waals surface area contributed by atoms with Crippen LogP contribution in [-0.4, -0.2) is 35.7 Å². The lowest BCUT2D eigenvalue weighted by atomic mass is 9.96. The lowest BCUT2D eigenvalue weighted by Gasteiger charge is -2.32. The molecule has 1 aliphatic heterocycles. The number of anilines is 1. The minimum Gasteiger partial charge on any atom is -0.496 e. The Bertz CT molecular complexity index is 1330. The summed E-state index contributed by atoms with van der Waals surface area (Å²) in [6, 6.07) is 22.5. The van der Waals surface area contributed by atoms with Gasteiger partial charge in [-0.1, -0.05) is 48.5 Å². The number of imidazole rings is 1. The molecule has 5 rings (SSSR count). The number of benzene rings is 3. The fourth-order valence-corrected chi connectivity index (χ4v) is 4.77. The zero-order chi connectivity index (χ0) is 24.2. The van der Waals surface area contributed by atoms with E-state index in [4.69, 9.17) is 9.72 Å². The zero-order valence-electron chi connectivity index (χ0n) is 19.8. The maximum absolute atomic E-state index is 14.4. The third-order valence-electron chi connectivity index (χ3n) is 6.71. The van der Waals surface area contributed by atoms with Crippen molar-refractivity contribution in [1.29, 1.82) is 0 Å². The van der Waals surface area contributed by atoms with Gasteiger partial charge in [-0.2, -0.15) is 0 Å². The van der Waals surface area contributed by atoms with Crippen molar-refractivity contribution in [2.24, 2.45) is 5.92 Å². The molecule has 1 fully saturated rings. The number of halogens is 1. The Labute approximate surface area is 204 Å². The molecular weight excluding hydrogens is 443 g/mol. The minimum absolute atomic E-state index is 0.0506. The summed E-state index contributed by atoms with van der Waals surface area (Å²) < 4.78 is 21.9. The normalized spacial score (nSPS) is 14.3. The molecule has 6 nitrogen and oxygen atoms in total. The number of nitrogens with zero attached hydrogens (tertiary/aromatic N) is 3. The molecule has 0 spiro atoms. The van der Waals surface area contributed by atoms with Crippen molar-refractivity contribution >= 4 is 22.9 Å². The van der Waals surface area contributed by atoms with Crippen LogP contribution < -0.4 is 15.0 Å². The van der Waals surface area contributed by atoms with Crippen LogP contribution in [0, 0.1) is 11.7 Å². The van der Waals surface area contributed by atoms with Gasteiger partial charge >= 0.3 is 0 Å². The summed E-state index contributed by atoms with van der Waals surface area (Å²) in [5.74, 6) is 1.39. The van der Waals surface area contributed by atoms with Crippen molar-refractivity contribution in [3.63, 3.8) is 0 Å². The van der Waals surface area contributed by atoms with Crippen molar-refractivity contribution < 1.29 is 13.9 Å². The van der Waals surface area contributed by atoms with Crippen LogP contribution in [0.2, 0.25) is 0 Å². The smallest absolute Gasteiger partial charge is 0.223 e. The number of hydrogen-bond acceptors (Lipinski definition) is 4. The number of hydrogen-bond donors (Lipinski definition) is 1. The molecule has 1 aliphatic rings. The van der Waals surface area contributed by atoms with Gasteiger partial charge in [-0.25, -0.2) is 9.37 Å². The second-order valence-electron chi connectivity index (χ2n) is 8.87. The highest BCUT2D eigenvalue weighted by atomic mass is 19.1. The summed E-state index contributed by atoms with van der Waals surface area (Å²) in [5, 5.41) is 3.07. The first-order chi connectivity index (χ1) is 17.1. The van der Waals surface area contributed by atoms with E-state index in [1.54, 1.807) is 13.2 Å². The number of rotatable bonds is 7. The number of piperidine rings is 1. The number of carbonyl (C=O) groups is 1. The number of amides is 1. The number of methoxy groups -OCH3 is 1. The quantitative estimate of drug-likeness (QED) is 0.421. The average molecular weight is 473 g/mol. The first-order valence-electron chi connectivity index (χ1n) is 12.0. The summed E-state index contributed by atoms with van der Waals surface area (Å²) in [6.45, 7) is 2.28. The Balaban J connectivity index is 1.28. The van der Waals surface area contributed by atoms with Crippen molar-refractivity contribution in [3.8, 4) is 5.75 Å². The number of nitrogens with one attached hydrogen (secondary N) is 1. The van der Waals surface area contributed by atoms with Crippen LogP contribution in [0.4, 0.5) is 10.3 Å². The molecule has 4 aromatic rings. The van der Waals surface area contributed by atoms with Gasteiger partial charge in [-0.05, 0) is 37.1 Å². The third kappa shape index (κ3) is 4.85. The Kier molecular flexibility index (Phi) is 6.66. The lowest BCUT2D eigenvalue weighted by molar-refractivity contribution is -0.125. The number of ether oxygens (including phenoxy) is 1. The third-order valence-corrected chi connectivity index (χ3v) is 6.71. The minimum atomic E-state index is -0.221. The van der Waals surface area contributed by atoms with E-state index in [9.17, 15) is 9.18 Å². The molecule has 2 heterocycles. The predicted molar refractivity (Wildman–Crippen MR) is 135 cm³/mol. The van der Waals surface area contributed by atoms with Crippen LogP contribution in [0.3, 0.4) is 0 Å². The second kappa shape index (κ2) is 10.2. The first kappa shape index (κ1) is 22.9. The van der Waals surface area contributed by atoms with E-state index in [1.807, 2.05) is 60.7 Å². The van der Waals surface area contributed by atoms with Crippen molar-refractivity contribution in [2.45, 2.75) is 25.9 Å². The monoisotopic (exact) mass is 472 g/mol. The Morgan fingerprint density at radius 3 is 2.46 bits per heavy atom. The summed E-state index contributed by atoms with van der Waals surface area (Å²) in [5.41, 5.74) is 3.45. The van der Waals surface area contributed by atoms with Gasteiger partial charge in [0, 0.05) is 36.7 Å². The molecule has 180 valence electrons. The molecule has 0 aliphatic carbocycles. The number of carbonyl (C=O) groups excluding carboxylic acids is 1.